The second-order valence-electron chi connectivity index (χ2n) is 3.48. The van der Waals surface area contributed by atoms with E-state index in [1.54, 1.807) is 19.1 Å². The van der Waals surface area contributed by atoms with Gasteiger partial charge in [0.15, 0.2) is 5.16 Å². The number of carbonyl (C=O) groups is 1. The number of nitrogens with zero attached hydrogens (tertiary/aromatic N) is 1. The number of primary amides is 1. The van der Waals surface area contributed by atoms with Crippen LogP contribution >= 0.6 is 11.8 Å². The third-order valence-electron chi connectivity index (χ3n) is 2.17. The molecule has 0 aliphatic rings. The van der Waals surface area contributed by atoms with E-state index in [1.807, 2.05) is 6.07 Å². The molecule has 84 valence electrons. The highest BCUT2D eigenvalue weighted by atomic mass is 32.2. The number of rotatable bonds is 3. The van der Waals surface area contributed by atoms with Crippen molar-refractivity contribution in [2.24, 2.45) is 5.73 Å². The number of nitrogen functional groups attached to an aromatic ring is 1. The van der Waals surface area contributed by atoms with E-state index < -0.39 is 0 Å². The lowest BCUT2D eigenvalue weighted by atomic mass is 10.3. The second-order valence-corrected chi connectivity index (χ2v) is 4.81. The average molecular weight is 236 g/mol. The molecule has 5 nitrogen and oxygen atoms in total. The van der Waals surface area contributed by atoms with Crippen molar-refractivity contribution in [1.82, 2.24) is 9.97 Å². The van der Waals surface area contributed by atoms with Crippen molar-refractivity contribution in [1.29, 1.82) is 0 Å². The molecule has 0 bridgehead atoms. The predicted octanol–water partition coefficient (Wildman–Crippen LogP) is 1.11. The molecule has 1 unspecified atom stereocenters. The Morgan fingerprint density at radius 3 is 3.00 bits per heavy atom. The highest BCUT2D eigenvalue weighted by Gasteiger charge is 2.13. The normalized spacial score (nSPS) is 12.8. The van der Waals surface area contributed by atoms with Crippen LogP contribution in [0, 0.1) is 0 Å². The van der Waals surface area contributed by atoms with Gasteiger partial charge in [-0.2, -0.15) is 0 Å². The van der Waals surface area contributed by atoms with Crippen LogP contribution in [0.5, 0.6) is 0 Å². The summed E-state index contributed by atoms with van der Waals surface area (Å²) in [5.41, 5.74) is 13.2. The van der Waals surface area contributed by atoms with Crippen molar-refractivity contribution in [2.75, 3.05) is 5.73 Å². The number of amides is 1. The standard InChI is InChI=1S/C10H12N4OS/c1-5(9(12)15)16-10-13-7-3-2-6(11)4-8(7)14-10/h2-5H,11H2,1H3,(H2,12,15)(H,13,14). The minimum atomic E-state index is -0.357. The van der Waals surface area contributed by atoms with Crippen molar-refractivity contribution >= 4 is 34.4 Å². The van der Waals surface area contributed by atoms with Crippen LogP contribution < -0.4 is 11.5 Å². The molecule has 0 radical (unpaired) electrons. The van der Waals surface area contributed by atoms with E-state index in [-0.39, 0.29) is 11.2 Å². The molecule has 16 heavy (non-hydrogen) atoms. The molecule has 1 aromatic heterocycles. The van der Waals surface area contributed by atoms with Gasteiger partial charge < -0.3 is 16.5 Å². The summed E-state index contributed by atoms with van der Waals surface area (Å²) in [6.07, 6.45) is 0. The Balaban J connectivity index is 2.29. The number of nitrogens with one attached hydrogen (secondary N) is 1. The van der Waals surface area contributed by atoms with Crippen LogP contribution in [0.15, 0.2) is 23.4 Å². The highest BCUT2D eigenvalue weighted by Crippen LogP contribution is 2.24. The van der Waals surface area contributed by atoms with Crippen LogP contribution in [0.2, 0.25) is 0 Å². The molecule has 2 aromatic rings. The van der Waals surface area contributed by atoms with Gasteiger partial charge in [0.25, 0.3) is 0 Å². The Hall–Kier alpha value is -1.69. The first-order valence-corrected chi connectivity index (χ1v) is 5.65. The zero-order valence-electron chi connectivity index (χ0n) is 8.73. The molecule has 0 saturated carbocycles. The van der Waals surface area contributed by atoms with Gasteiger partial charge in [-0.3, -0.25) is 4.79 Å². The lowest BCUT2D eigenvalue weighted by molar-refractivity contribution is -0.117. The minimum absolute atomic E-state index is 0.307. The molecule has 1 atom stereocenters. The van der Waals surface area contributed by atoms with Gasteiger partial charge in [-0.25, -0.2) is 4.98 Å². The van der Waals surface area contributed by atoms with Crippen LogP contribution in [-0.2, 0) is 4.79 Å². The summed E-state index contributed by atoms with van der Waals surface area (Å²) in [6.45, 7) is 1.74. The highest BCUT2D eigenvalue weighted by molar-refractivity contribution is 8.00. The lowest BCUT2D eigenvalue weighted by Gasteiger charge is -2.02. The van der Waals surface area contributed by atoms with Gasteiger partial charge in [-0.15, -0.1) is 0 Å². The van der Waals surface area contributed by atoms with Crippen molar-refractivity contribution in [3.8, 4) is 0 Å². The monoisotopic (exact) mass is 236 g/mol. The fourth-order valence-corrected chi connectivity index (χ4v) is 2.06. The maximum absolute atomic E-state index is 10.9. The molecule has 1 amide bonds. The van der Waals surface area contributed by atoms with Crippen LogP contribution in [0.25, 0.3) is 11.0 Å². The lowest BCUT2D eigenvalue weighted by Crippen LogP contribution is -2.22. The van der Waals surface area contributed by atoms with E-state index >= 15 is 0 Å². The number of carbonyl (C=O) groups excluding carboxylic acids is 1. The predicted molar refractivity (Wildman–Crippen MR) is 65.0 cm³/mol. The van der Waals surface area contributed by atoms with Crippen molar-refractivity contribution in [3.05, 3.63) is 18.2 Å². The van der Waals surface area contributed by atoms with Gasteiger partial charge in [0.05, 0.1) is 16.3 Å². The largest absolute Gasteiger partial charge is 0.399 e. The van der Waals surface area contributed by atoms with Crippen LogP contribution in [0.4, 0.5) is 5.69 Å². The van der Waals surface area contributed by atoms with E-state index in [4.69, 9.17) is 11.5 Å². The van der Waals surface area contributed by atoms with Gasteiger partial charge in [0.2, 0.25) is 5.91 Å². The number of fused-ring (bicyclic) bond motifs is 1. The number of imidazole rings is 1. The quantitative estimate of drug-likeness (QED) is 0.549. The first-order chi connectivity index (χ1) is 7.56. The summed E-state index contributed by atoms with van der Waals surface area (Å²) in [6, 6.07) is 5.43. The summed E-state index contributed by atoms with van der Waals surface area (Å²) in [7, 11) is 0. The van der Waals surface area contributed by atoms with Gasteiger partial charge in [0.1, 0.15) is 0 Å². The summed E-state index contributed by atoms with van der Waals surface area (Å²) in [5.74, 6) is -0.357. The van der Waals surface area contributed by atoms with Crippen LogP contribution in [-0.4, -0.2) is 21.1 Å². The number of aromatic amines is 1. The van der Waals surface area contributed by atoms with E-state index in [1.165, 1.54) is 11.8 Å². The van der Waals surface area contributed by atoms with Crippen LogP contribution in [0.1, 0.15) is 6.92 Å². The van der Waals surface area contributed by atoms with Crippen molar-refractivity contribution < 1.29 is 4.79 Å². The minimum Gasteiger partial charge on any atom is -0.399 e. The van der Waals surface area contributed by atoms with Gasteiger partial charge >= 0.3 is 0 Å². The van der Waals surface area contributed by atoms with E-state index in [2.05, 4.69) is 9.97 Å². The SMILES string of the molecule is CC(Sc1nc2ccc(N)cc2[nH]1)C(N)=O. The maximum atomic E-state index is 10.9. The topological polar surface area (TPSA) is 97.8 Å². The Kier molecular flexibility index (Phi) is 2.74. The number of aromatic nitrogens is 2. The summed E-state index contributed by atoms with van der Waals surface area (Å²) >= 11 is 1.30. The zero-order valence-corrected chi connectivity index (χ0v) is 9.54. The molecule has 6 heteroatoms. The molecular formula is C10H12N4OS. The van der Waals surface area contributed by atoms with E-state index in [0.29, 0.717) is 10.8 Å². The number of hydrogen-bond acceptors (Lipinski definition) is 4. The molecular weight excluding hydrogens is 224 g/mol. The molecule has 1 heterocycles. The Bertz CT molecular complexity index is 537. The number of nitrogens with two attached hydrogens (primary N) is 2. The molecule has 0 saturated heterocycles. The summed E-state index contributed by atoms with van der Waals surface area (Å²) in [4.78, 5) is 18.3. The van der Waals surface area contributed by atoms with E-state index in [9.17, 15) is 4.79 Å². The van der Waals surface area contributed by atoms with Crippen LogP contribution in [0.3, 0.4) is 0 Å². The van der Waals surface area contributed by atoms with Gasteiger partial charge in [0, 0.05) is 5.69 Å². The molecule has 0 spiro atoms. The van der Waals surface area contributed by atoms with Crippen molar-refractivity contribution in [3.63, 3.8) is 0 Å². The smallest absolute Gasteiger partial charge is 0.230 e. The maximum Gasteiger partial charge on any atom is 0.230 e. The molecule has 5 N–H and O–H groups in total. The number of hydrogen-bond donors (Lipinski definition) is 3. The Labute approximate surface area is 96.6 Å². The fourth-order valence-electron chi connectivity index (χ4n) is 1.29. The zero-order chi connectivity index (χ0) is 11.7. The summed E-state index contributed by atoms with van der Waals surface area (Å²) < 4.78 is 0. The average Bonchev–Trinajstić information content (AvgIpc) is 2.58. The molecule has 0 fully saturated rings. The summed E-state index contributed by atoms with van der Waals surface area (Å²) in [5, 5.41) is 0.366. The Morgan fingerprint density at radius 2 is 2.31 bits per heavy atom. The molecule has 0 aliphatic carbocycles. The first kappa shape index (κ1) is 10.8. The number of thioether (sulfide) groups is 1. The van der Waals surface area contributed by atoms with Gasteiger partial charge in [-0.05, 0) is 25.1 Å². The Morgan fingerprint density at radius 1 is 1.56 bits per heavy atom. The number of anilines is 1. The molecule has 0 aliphatic heterocycles. The van der Waals surface area contributed by atoms with E-state index in [0.717, 1.165) is 11.0 Å². The fraction of sp³-hybridized carbons (Fsp3) is 0.200. The molecule has 2 rings (SSSR count). The number of H-pyrrole nitrogens is 1. The first-order valence-electron chi connectivity index (χ1n) is 4.77. The second kappa shape index (κ2) is 4.05. The van der Waals surface area contributed by atoms with Crippen molar-refractivity contribution in [2.45, 2.75) is 17.3 Å². The van der Waals surface area contributed by atoms with Gasteiger partial charge in [-0.1, -0.05) is 11.8 Å². The third-order valence-corrected chi connectivity index (χ3v) is 3.18. The third kappa shape index (κ3) is 2.11. The number of benzene rings is 1. The molecule has 1 aromatic carbocycles.